The third-order valence-corrected chi connectivity index (χ3v) is 5.55. The zero-order chi connectivity index (χ0) is 21.2. The zero-order valence-corrected chi connectivity index (χ0v) is 16.9. The molecule has 2 N–H and O–H groups in total. The first-order valence-corrected chi connectivity index (χ1v) is 10.2. The number of carbonyl (C=O) groups excluding carboxylic acids is 1. The summed E-state index contributed by atoms with van der Waals surface area (Å²) in [5.74, 6) is 1.90. The molecule has 0 unspecified atom stereocenters. The molecule has 1 atom stereocenters. The molecule has 1 amide bonds. The Morgan fingerprint density at radius 3 is 2.58 bits per heavy atom. The molecule has 1 aliphatic heterocycles. The highest BCUT2D eigenvalue weighted by Crippen LogP contribution is 2.34. The van der Waals surface area contributed by atoms with E-state index in [0.29, 0.717) is 18.0 Å². The minimum Gasteiger partial charge on any atom is -0.457 e. The van der Waals surface area contributed by atoms with Gasteiger partial charge in [-0.2, -0.15) is 5.10 Å². The van der Waals surface area contributed by atoms with Gasteiger partial charge < -0.3 is 15.4 Å². The molecule has 2 aromatic carbocycles. The molecule has 1 aliphatic rings. The topological polar surface area (TPSA) is 99.2 Å². The van der Waals surface area contributed by atoms with E-state index in [9.17, 15) is 4.79 Å². The van der Waals surface area contributed by atoms with E-state index in [4.69, 9.17) is 15.6 Å². The Kier molecular flexibility index (Phi) is 4.95. The largest absolute Gasteiger partial charge is 0.457 e. The van der Waals surface area contributed by atoms with E-state index in [-0.39, 0.29) is 6.04 Å². The van der Waals surface area contributed by atoms with Crippen molar-refractivity contribution < 1.29 is 9.53 Å². The minimum atomic E-state index is 0.0465. The average molecular weight is 414 g/mol. The summed E-state index contributed by atoms with van der Waals surface area (Å²) < 4.78 is 7.79. The van der Waals surface area contributed by atoms with Gasteiger partial charge in [-0.25, -0.2) is 14.6 Å². The predicted octanol–water partition coefficient (Wildman–Crippen LogP) is 3.66. The number of fused-ring (bicyclic) bond motifs is 1. The number of rotatable bonds is 5. The van der Waals surface area contributed by atoms with Crippen LogP contribution in [0.2, 0.25) is 0 Å². The molecule has 0 radical (unpaired) electrons. The first-order valence-electron chi connectivity index (χ1n) is 10.2. The van der Waals surface area contributed by atoms with Gasteiger partial charge in [-0.05, 0) is 49.2 Å². The van der Waals surface area contributed by atoms with Crippen molar-refractivity contribution in [1.82, 2.24) is 24.6 Å². The number of ether oxygens (including phenoxy) is 1. The van der Waals surface area contributed by atoms with E-state index in [0.717, 1.165) is 53.9 Å². The normalized spacial score (nSPS) is 16.4. The lowest BCUT2D eigenvalue weighted by Crippen LogP contribution is -2.36. The lowest BCUT2D eigenvalue weighted by molar-refractivity contribution is -0.119. The van der Waals surface area contributed by atoms with E-state index in [1.54, 1.807) is 4.90 Å². The number of likely N-dealkylation sites (tertiary alicyclic amines) is 1. The van der Waals surface area contributed by atoms with Crippen molar-refractivity contribution in [3.63, 3.8) is 0 Å². The second-order valence-electron chi connectivity index (χ2n) is 7.59. The second-order valence-corrected chi connectivity index (χ2v) is 7.59. The SMILES string of the molecule is Nc1ncnc2c1c(-c1ccc(Oc3ccccc3)cc1)nn2[C@@H]1CCCN(C=O)C1. The molecule has 5 rings (SSSR count). The van der Waals surface area contributed by atoms with Crippen molar-refractivity contribution in [3.8, 4) is 22.8 Å². The van der Waals surface area contributed by atoms with Gasteiger partial charge in [0.15, 0.2) is 5.65 Å². The smallest absolute Gasteiger partial charge is 0.209 e. The lowest BCUT2D eigenvalue weighted by atomic mass is 10.1. The third kappa shape index (κ3) is 3.68. The molecular formula is C23H22N6O2. The summed E-state index contributed by atoms with van der Waals surface area (Å²) in [7, 11) is 0. The summed E-state index contributed by atoms with van der Waals surface area (Å²) in [5.41, 5.74) is 8.53. The van der Waals surface area contributed by atoms with Crippen LogP contribution in [0.1, 0.15) is 18.9 Å². The molecule has 3 heterocycles. The van der Waals surface area contributed by atoms with E-state index in [1.807, 2.05) is 59.3 Å². The predicted molar refractivity (Wildman–Crippen MR) is 118 cm³/mol. The number of carbonyl (C=O) groups is 1. The number of hydrogen-bond donors (Lipinski definition) is 1. The van der Waals surface area contributed by atoms with Crippen molar-refractivity contribution in [3.05, 3.63) is 60.9 Å². The van der Waals surface area contributed by atoms with Gasteiger partial charge in [0.2, 0.25) is 6.41 Å². The highest BCUT2D eigenvalue weighted by Gasteiger charge is 2.26. The lowest BCUT2D eigenvalue weighted by Gasteiger charge is -2.30. The fourth-order valence-corrected chi connectivity index (χ4v) is 4.04. The average Bonchev–Trinajstić information content (AvgIpc) is 3.21. The highest BCUT2D eigenvalue weighted by molar-refractivity contribution is 5.98. The van der Waals surface area contributed by atoms with Crippen LogP contribution in [-0.2, 0) is 4.79 Å². The van der Waals surface area contributed by atoms with E-state index < -0.39 is 0 Å². The second kappa shape index (κ2) is 8.06. The van der Waals surface area contributed by atoms with Crippen LogP contribution in [0.25, 0.3) is 22.3 Å². The van der Waals surface area contributed by atoms with Crippen LogP contribution in [0.15, 0.2) is 60.9 Å². The number of nitrogens with zero attached hydrogens (tertiary/aromatic N) is 5. The fourth-order valence-electron chi connectivity index (χ4n) is 4.04. The number of anilines is 1. The number of nitrogens with two attached hydrogens (primary N) is 1. The fraction of sp³-hybridized carbons (Fsp3) is 0.217. The quantitative estimate of drug-likeness (QED) is 0.500. The number of nitrogen functional groups attached to an aromatic ring is 1. The van der Waals surface area contributed by atoms with Crippen molar-refractivity contribution in [1.29, 1.82) is 0 Å². The van der Waals surface area contributed by atoms with E-state index >= 15 is 0 Å². The van der Waals surface area contributed by atoms with Gasteiger partial charge in [0.25, 0.3) is 0 Å². The Balaban J connectivity index is 1.52. The number of amides is 1. The van der Waals surface area contributed by atoms with Gasteiger partial charge in [0, 0.05) is 18.7 Å². The molecule has 1 fully saturated rings. The van der Waals surface area contributed by atoms with Crippen LogP contribution in [0.5, 0.6) is 11.5 Å². The molecule has 1 saturated heterocycles. The Morgan fingerprint density at radius 2 is 1.81 bits per heavy atom. The molecule has 0 aliphatic carbocycles. The highest BCUT2D eigenvalue weighted by atomic mass is 16.5. The van der Waals surface area contributed by atoms with E-state index in [2.05, 4.69) is 9.97 Å². The van der Waals surface area contributed by atoms with Crippen LogP contribution in [0.3, 0.4) is 0 Å². The van der Waals surface area contributed by atoms with Gasteiger partial charge in [-0.3, -0.25) is 4.79 Å². The molecule has 8 heteroatoms. The first-order chi connectivity index (χ1) is 15.2. The molecular weight excluding hydrogens is 392 g/mol. The summed E-state index contributed by atoms with van der Waals surface area (Å²) >= 11 is 0. The van der Waals surface area contributed by atoms with Gasteiger partial charge in [0.05, 0.1) is 11.4 Å². The van der Waals surface area contributed by atoms with Crippen LogP contribution in [0.4, 0.5) is 5.82 Å². The number of hydrogen-bond acceptors (Lipinski definition) is 6. The summed E-state index contributed by atoms with van der Waals surface area (Å²) in [6, 6.07) is 17.4. The Hall–Kier alpha value is -3.94. The molecule has 8 nitrogen and oxygen atoms in total. The monoisotopic (exact) mass is 414 g/mol. The van der Waals surface area contributed by atoms with Gasteiger partial charge in [-0.1, -0.05) is 18.2 Å². The van der Waals surface area contributed by atoms with Gasteiger partial charge in [-0.15, -0.1) is 0 Å². The molecule has 2 aromatic heterocycles. The van der Waals surface area contributed by atoms with E-state index in [1.165, 1.54) is 6.33 Å². The number of benzene rings is 2. The summed E-state index contributed by atoms with van der Waals surface area (Å²) in [6.45, 7) is 1.37. The summed E-state index contributed by atoms with van der Waals surface area (Å²) in [6.07, 6.45) is 4.20. The summed E-state index contributed by atoms with van der Waals surface area (Å²) in [5, 5.41) is 5.60. The Bertz CT molecular complexity index is 1210. The first kappa shape index (κ1) is 19.0. The van der Waals surface area contributed by atoms with Crippen LogP contribution in [0, 0.1) is 0 Å². The van der Waals surface area contributed by atoms with Crippen molar-refractivity contribution in [2.45, 2.75) is 18.9 Å². The number of aromatic nitrogens is 4. The maximum Gasteiger partial charge on any atom is 0.209 e. The number of piperidine rings is 1. The molecule has 0 spiro atoms. The maximum absolute atomic E-state index is 11.3. The van der Waals surface area contributed by atoms with Crippen LogP contribution < -0.4 is 10.5 Å². The van der Waals surface area contributed by atoms with Crippen LogP contribution in [-0.4, -0.2) is 44.1 Å². The molecule has 0 saturated carbocycles. The van der Waals surface area contributed by atoms with Gasteiger partial charge in [0.1, 0.15) is 29.3 Å². The van der Waals surface area contributed by atoms with Crippen LogP contribution >= 0.6 is 0 Å². The molecule has 156 valence electrons. The molecule has 0 bridgehead atoms. The minimum absolute atomic E-state index is 0.0465. The Morgan fingerprint density at radius 1 is 1.03 bits per heavy atom. The van der Waals surface area contributed by atoms with Crippen molar-refractivity contribution in [2.24, 2.45) is 0 Å². The number of para-hydroxylation sites is 1. The Labute approximate surface area is 179 Å². The maximum atomic E-state index is 11.3. The summed E-state index contributed by atoms with van der Waals surface area (Å²) in [4.78, 5) is 21.7. The molecule has 4 aromatic rings. The third-order valence-electron chi connectivity index (χ3n) is 5.55. The zero-order valence-electron chi connectivity index (χ0n) is 16.9. The van der Waals surface area contributed by atoms with Crippen molar-refractivity contribution in [2.75, 3.05) is 18.8 Å². The molecule has 31 heavy (non-hydrogen) atoms. The van der Waals surface area contributed by atoms with Crippen molar-refractivity contribution >= 4 is 23.3 Å². The standard InChI is InChI=1S/C23H22N6O2/c24-22-20-21(16-8-10-19(11-9-16)31-18-6-2-1-3-7-18)27-29(23(20)26-14-25-22)17-5-4-12-28(13-17)15-30/h1-3,6-11,14-15,17H,4-5,12-13H2,(H2,24,25,26)/t17-/m1/s1. The van der Waals surface area contributed by atoms with Gasteiger partial charge >= 0.3 is 0 Å².